The summed E-state index contributed by atoms with van der Waals surface area (Å²) in [5.41, 5.74) is 0. The molecule has 1 rings (SSSR count). The van der Waals surface area contributed by atoms with Crippen molar-refractivity contribution in [3.05, 3.63) is 24.3 Å². The maximum absolute atomic E-state index is 12.3. The van der Waals surface area contributed by atoms with Gasteiger partial charge >= 0.3 is 5.97 Å². The number of carbonyl (C=O) groups is 1. The van der Waals surface area contributed by atoms with E-state index in [9.17, 15) is 21.6 Å². The molecule has 0 fully saturated rings. The van der Waals surface area contributed by atoms with Crippen LogP contribution in [0.2, 0.25) is 0 Å². The van der Waals surface area contributed by atoms with Crippen molar-refractivity contribution in [3.8, 4) is 0 Å². The molecule has 23 heavy (non-hydrogen) atoms. The van der Waals surface area contributed by atoms with Crippen molar-refractivity contribution in [2.45, 2.75) is 29.7 Å². The van der Waals surface area contributed by atoms with Gasteiger partial charge in [0.1, 0.15) is 6.04 Å². The fraction of sp³-hybridized carbons (Fsp3) is 0.462. The number of nitrogens with zero attached hydrogens (tertiary/aromatic N) is 1. The Kier molecular flexibility index (Phi) is 5.91. The lowest BCUT2D eigenvalue weighted by atomic mass is 10.1. The highest BCUT2D eigenvalue weighted by Crippen LogP contribution is 2.19. The summed E-state index contributed by atoms with van der Waals surface area (Å²) in [6.45, 7) is 3.13. The molecule has 0 amide bonds. The van der Waals surface area contributed by atoms with Gasteiger partial charge in [0.05, 0.1) is 9.79 Å². The van der Waals surface area contributed by atoms with E-state index in [2.05, 4.69) is 4.72 Å². The first-order valence-corrected chi connectivity index (χ1v) is 9.59. The first kappa shape index (κ1) is 19.6. The predicted octanol–water partition coefficient (Wildman–Crippen LogP) is 0.324. The fourth-order valence-corrected chi connectivity index (χ4v) is 4.13. The van der Waals surface area contributed by atoms with E-state index in [4.69, 9.17) is 5.11 Å². The van der Waals surface area contributed by atoms with Crippen molar-refractivity contribution in [2.24, 2.45) is 5.92 Å². The van der Waals surface area contributed by atoms with Gasteiger partial charge in [-0.15, -0.1) is 0 Å². The van der Waals surface area contributed by atoms with E-state index in [1.165, 1.54) is 32.3 Å². The second-order valence-electron chi connectivity index (χ2n) is 5.44. The number of hydrogen-bond acceptors (Lipinski definition) is 5. The van der Waals surface area contributed by atoms with Gasteiger partial charge in [0.15, 0.2) is 0 Å². The molecule has 0 aliphatic carbocycles. The van der Waals surface area contributed by atoms with Gasteiger partial charge in [-0.3, -0.25) is 4.79 Å². The Bertz CT molecular complexity index is 784. The Morgan fingerprint density at radius 1 is 1.13 bits per heavy atom. The highest BCUT2D eigenvalue weighted by molar-refractivity contribution is 7.90. The normalized spacial score (nSPS) is 14.2. The highest BCUT2D eigenvalue weighted by Gasteiger charge is 2.29. The molecule has 0 radical (unpaired) electrons. The summed E-state index contributed by atoms with van der Waals surface area (Å²) < 4.78 is 51.8. The predicted molar refractivity (Wildman–Crippen MR) is 83.9 cm³/mol. The van der Waals surface area contributed by atoms with Gasteiger partial charge in [0.25, 0.3) is 0 Å². The molecular formula is C13H20N2O6S2. The molecule has 0 aliphatic rings. The molecular weight excluding hydrogens is 344 g/mol. The van der Waals surface area contributed by atoms with E-state index in [1.807, 2.05) is 0 Å². The van der Waals surface area contributed by atoms with E-state index in [0.29, 0.717) is 0 Å². The van der Waals surface area contributed by atoms with Gasteiger partial charge in [0.2, 0.25) is 20.0 Å². The minimum Gasteiger partial charge on any atom is -0.480 e. The maximum atomic E-state index is 12.3. The molecule has 2 N–H and O–H groups in total. The van der Waals surface area contributed by atoms with E-state index >= 15 is 0 Å². The average molecular weight is 364 g/mol. The smallest absolute Gasteiger partial charge is 0.322 e. The standard InChI is InChI=1S/C13H20N2O6S2/c1-9(2)12(13(16)17)14-22(18,19)10-6-5-7-11(8-10)23(20,21)15(3)4/h5-9,12,14H,1-4H3,(H,16,17)/t12-/m1/s1. The molecule has 0 saturated heterocycles. The molecule has 1 atom stereocenters. The quantitative estimate of drug-likeness (QED) is 0.719. The number of sulfonamides is 2. The van der Waals surface area contributed by atoms with Gasteiger partial charge in [-0.05, 0) is 24.1 Å². The van der Waals surface area contributed by atoms with Crippen LogP contribution in [-0.4, -0.2) is 52.4 Å². The molecule has 0 spiro atoms. The number of nitrogens with one attached hydrogen (secondary N) is 1. The zero-order valence-electron chi connectivity index (χ0n) is 13.2. The van der Waals surface area contributed by atoms with E-state index in [-0.39, 0.29) is 9.79 Å². The Labute approximate surface area is 136 Å². The number of carboxylic acid groups (broad SMARTS) is 1. The first-order valence-electron chi connectivity index (χ1n) is 6.67. The van der Waals surface area contributed by atoms with Gasteiger partial charge in [-0.2, -0.15) is 4.72 Å². The van der Waals surface area contributed by atoms with Gasteiger partial charge in [0, 0.05) is 14.1 Å². The van der Waals surface area contributed by atoms with Gasteiger partial charge in [-0.25, -0.2) is 21.1 Å². The Balaban J connectivity index is 3.28. The van der Waals surface area contributed by atoms with Crippen molar-refractivity contribution < 1.29 is 26.7 Å². The zero-order chi connectivity index (χ0) is 18.0. The van der Waals surface area contributed by atoms with Crippen LogP contribution in [0.5, 0.6) is 0 Å². The van der Waals surface area contributed by atoms with E-state index in [1.54, 1.807) is 13.8 Å². The minimum atomic E-state index is -4.17. The summed E-state index contributed by atoms with van der Waals surface area (Å²) in [5.74, 6) is -1.78. The lowest BCUT2D eigenvalue weighted by molar-refractivity contribution is -0.140. The molecule has 0 aromatic heterocycles. The fourth-order valence-electron chi connectivity index (χ4n) is 1.72. The molecule has 1 aromatic carbocycles. The maximum Gasteiger partial charge on any atom is 0.322 e. The van der Waals surface area contributed by atoms with Crippen LogP contribution in [0.3, 0.4) is 0 Å². The van der Waals surface area contributed by atoms with Crippen LogP contribution < -0.4 is 4.72 Å². The molecule has 0 saturated carbocycles. The number of carboxylic acids is 1. The van der Waals surface area contributed by atoms with Crippen LogP contribution in [0, 0.1) is 5.92 Å². The number of rotatable bonds is 7. The molecule has 8 nitrogen and oxygen atoms in total. The van der Waals surface area contributed by atoms with Crippen LogP contribution in [0.25, 0.3) is 0 Å². The van der Waals surface area contributed by atoms with Crippen molar-refractivity contribution in [3.63, 3.8) is 0 Å². The number of aliphatic carboxylic acids is 1. The third-order valence-corrected chi connectivity index (χ3v) is 6.36. The van der Waals surface area contributed by atoms with Crippen LogP contribution >= 0.6 is 0 Å². The average Bonchev–Trinajstić information content (AvgIpc) is 2.44. The largest absolute Gasteiger partial charge is 0.480 e. The van der Waals surface area contributed by atoms with E-state index in [0.717, 1.165) is 10.4 Å². The lowest BCUT2D eigenvalue weighted by Crippen LogP contribution is -2.44. The summed E-state index contributed by atoms with van der Waals surface area (Å²) in [6, 6.07) is 3.45. The third kappa shape index (κ3) is 4.50. The van der Waals surface area contributed by atoms with Crippen LogP contribution in [0.4, 0.5) is 0 Å². The summed E-state index contributed by atoms with van der Waals surface area (Å²) >= 11 is 0. The summed E-state index contributed by atoms with van der Waals surface area (Å²) in [6.07, 6.45) is 0. The van der Waals surface area contributed by atoms with Gasteiger partial charge in [-0.1, -0.05) is 19.9 Å². The number of benzene rings is 1. The van der Waals surface area contributed by atoms with E-state index < -0.39 is 38.0 Å². The molecule has 0 unspecified atom stereocenters. The van der Waals surface area contributed by atoms with Crippen LogP contribution in [0.1, 0.15) is 13.8 Å². The van der Waals surface area contributed by atoms with Crippen molar-refractivity contribution in [1.82, 2.24) is 9.03 Å². The molecule has 0 bridgehead atoms. The molecule has 0 aliphatic heterocycles. The molecule has 10 heteroatoms. The zero-order valence-corrected chi connectivity index (χ0v) is 14.8. The number of hydrogen-bond donors (Lipinski definition) is 2. The monoisotopic (exact) mass is 364 g/mol. The minimum absolute atomic E-state index is 0.193. The van der Waals surface area contributed by atoms with Gasteiger partial charge < -0.3 is 5.11 Å². The van der Waals surface area contributed by atoms with Crippen LogP contribution in [0.15, 0.2) is 34.1 Å². The second-order valence-corrected chi connectivity index (χ2v) is 9.31. The third-order valence-electron chi connectivity index (χ3n) is 3.11. The topological polar surface area (TPSA) is 121 Å². The summed E-state index contributed by atoms with van der Waals surface area (Å²) in [4.78, 5) is 10.6. The summed E-state index contributed by atoms with van der Waals surface area (Å²) in [7, 11) is -5.31. The highest BCUT2D eigenvalue weighted by atomic mass is 32.2. The SMILES string of the molecule is CC(C)[C@@H](NS(=O)(=O)c1cccc(S(=O)(=O)N(C)C)c1)C(=O)O. The van der Waals surface area contributed by atoms with Crippen LogP contribution in [-0.2, 0) is 24.8 Å². The lowest BCUT2D eigenvalue weighted by Gasteiger charge is -2.18. The molecule has 1 aromatic rings. The Hall–Kier alpha value is -1.49. The Morgan fingerprint density at radius 3 is 2.09 bits per heavy atom. The Morgan fingerprint density at radius 2 is 1.65 bits per heavy atom. The van der Waals surface area contributed by atoms with Crippen molar-refractivity contribution >= 4 is 26.0 Å². The second kappa shape index (κ2) is 6.95. The summed E-state index contributed by atoms with van der Waals surface area (Å²) in [5, 5.41) is 9.08. The van der Waals surface area contributed by atoms with Crippen molar-refractivity contribution in [2.75, 3.05) is 14.1 Å². The molecule has 130 valence electrons. The van der Waals surface area contributed by atoms with Crippen molar-refractivity contribution in [1.29, 1.82) is 0 Å². The molecule has 0 heterocycles. The first-order chi connectivity index (χ1) is 10.4.